The summed E-state index contributed by atoms with van der Waals surface area (Å²) in [5.74, 6) is -3.06. The van der Waals surface area contributed by atoms with Crippen LogP contribution in [0.5, 0.6) is 0 Å². The second-order valence-electron chi connectivity index (χ2n) is 8.41. The number of aromatic nitrogens is 3. The number of alkyl halides is 3. The summed E-state index contributed by atoms with van der Waals surface area (Å²) in [6.07, 6.45) is -3.11. The van der Waals surface area contributed by atoms with E-state index < -0.39 is 35.7 Å². The van der Waals surface area contributed by atoms with Gasteiger partial charge in [-0.3, -0.25) is 9.78 Å². The topological polar surface area (TPSA) is 77.0 Å². The summed E-state index contributed by atoms with van der Waals surface area (Å²) in [5.41, 5.74) is -0.533. The van der Waals surface area contributed by atoms with Gasteiger partial charge in [0.1, 0.15) is 17.5 Å². The van der Waals surface area contributed by atoms with E-state index in [9.17, 15) is 26.7 Å². The highest BCUT2D eigenvalue weighted by Crippen LogP contribution is 2.44. The number of nitrogens with zero attached hydrogens (tertiary/aromatic N) is 3. The third kappa shape index (κ3) is 5.14. The van der Waals surface area contributed by atoms with Gasteiger partial charge in [0.15, 0.2) is 6.10 Å². The van der Waals surface area contributed by atoms with Gasteiger partial charge >= 0.3 is 6.18 Å². The molecule has 0 aliphatic carbocycles. The molecule has 1 saturated heterocycles. The molecule has 1 N–H and O–H groups in total. The number of ether oxygens (including phenoxy) is 1. The van der Waals surface area contributed by atoms with Crippen LogP contribution in [-0.4, -0.2) is 39.7 Å². The van der Waals surface area contributed by atoms with Crippen LogP contribution in [0.2, 0.25) is 0 Å². The first-order valence-electron chi connectivity index (χ1n) is 10.8. The summed E-state index contributed by atoms with van der Waals surface area (Å²) < 4.78 is 74.4. The second-order valence-corrected chi connectivity index (χ2v) is 8.41. The maximum Gasteiger partial charge on any atom is 0.415 e. The molecule has 3 heterocycles. The van der Waals surface area contributed by atoms with Crippen LogP contribution >= 0.6 is 0 Å². The molecule has 184 valence electrons. The number of rotatable bonds is 5. The lowest BCUT2D eigenvalue weighted by Crippen LogP contribution is -2.33. The van der Waals surface area contributed by atoms with Crippen molar-refractivity contribution in [3.8, 4) is 11.1 Å². The molecular weight excluding hydrogens is 471 g/mol. The number of hydrogen-bond donors (Lipinski definition) is 1. The van der Waals surface area contributed by atoms with Crippen LogP contribution in [0, 0.1) is 11.6 Å². The number of carbonyl (C=O) groups is 1. The highest BCUT2D eigenvalue weighted by molar-refractivity contribution is 6.06. The minimum absolute atomic E-state index is 0.0151. The van der Waals surface area contributed by atoms with E-state index in [0.717, 1.165) is 18.2 Å². The standard InChI is InChI=1S/C24H21F5N4O2/c1-12(2)22-31-10-13(11-32-22)23(34)33-20-15(17-9-14(25)3-4-18(17)26)5-7-30-19(20)16-6-8-35-21(16)24(27,28)29/h3-5,7,9-12,16,21H,6,8H2,1-2H3,(H,33,34). The van der Waals surface area contributed by atoms with Crippen LogP contribution in [0.1, 0.15) is 54.0 Å². The van der Waals surface area contributed by atoms with Crippen molar-refractivity contribution in [2.75, 3.05) is 11.9 Å². The van der Waals surface area contributed by atoms with E-state index >= 15 is 0 Å². The third-order valence-corrected chi connectivity index (χ3v) is 5.65. The van der Waals surface area contributed by atoms with Gasteiger partial charge in [0.25, 0.3) is 5.91 Å². The molecule has 35 heavy (non-hydrogen) atoms. The maximum atomic E-state index is 14.7. The number of carbonyl (C=O) groups excluding carboxylic acids is 1. The molecule has 2 aromatic heterocycles. The molecule has 0 saturated carbocycles. The molecule has 0 spiro atoms. The molecule has 1 aliphatic rings. The van der Waals surface area contributed by atoms with Crippen LogP contribution in [0.3, 0.4) is 0 Å². The average molecular weight is 492 g/mol. The van der Waals surface area contributed by atoms with E-state index in [1.54, 1.807) is 0 Å². The predicted octanol–water partition coefficient (Wildman–Crippen LogP) is 5.63. The zero-order valence-corrected chi connectivity index (χ0v) is 18.7. The zero-order chi connectivity index (χ0) is 25.3. The molecule has 1 amide bonds. The molecule has 2 atom stereocenters. The van der Waals surface area contributed by atoms with Crippen molar-refractivity contribution in [3.05, 3.63) is 71.6 Å². The van der Waals surface area contributed by atoms with Crippen LogP contribution in [0.15, 0.2) is 42.9 Å². The van der Waals surface area contributed by atoms with E-state index in [2.05, 4.69) is 20.3 Å². The first-order valence-corrected chi connectivity index (χ1v) is 10.8. The Morgan fingerprint density at radius 3 is 2.46 bits per heavy atom. The molecule has 4 rings (SSSR count). The molecule has 6 nitrogen and oxygen atoms in total. The van der Waals surface area contributed by atoms with Gasteiger partial charge in [-0.2, -0.15) is 13.2 Å². The van der Waals surface area contributed by atoms with Crippen molar-refractivity contribution in [1.29, 1.82) is 0 Å². The lowest BCUT2D eigenvalue weighted by atomic mass is 9.91. The van der Waals surface area contributed by atoms with Crippen LogP contribution in [-0.2, 0) is 4.74 Å². The fraction of sp³-hybridized carbons (Fsp3) is 0.333. The lowest BCUT2D eigenvalue weighted by molar-refractivity contribution is -0.210. The van der Waals surface area contributed by atoms with Gasteiger partial charge in [0, 0.05) is 48.2 Å². The quantitative estimate of drug-likeness (QED) is 0.468. The summed E-state index contributed by atoms with van der Waals surface area (Å²) >= 11 is 0. The average Bonchev–Trinajstić information content (AvgIpc) is 3.31. The Morgan fingerprint density at radius 1 is 1.09 bits per heavy atom. The molecule has 2 unspecified atom stereocenters. The summed E-state index contributed by atoms with van der Waals surface area (Å²) in [5, 5.41) is 2.54. The van der Waals surface area contributed by atoms with Gasteiger partial charge in [-0.05, 0) is 30.7 Å². The predicted molar refractivity (Wildman–Crippen MR) is 117 cm³/mol. The van der Waals surface area contributed by atoms with E-state index in [1.807, 2.05) is 13.8 Å². The van der Waals surface area contributed by atoms with E-state index in [1.165, 1.54) is 24.7 Å². The summed E-state index contributed by atoms with van der Waals surface area (Å²) in [6, 6.07) is 4.01. The third-order valence-electron chi connectivity index (χ3n) is 5.65. The minimum atomic E-state index is -4.69. The smallest absolute Gasteiger partial charge is 0.368 e. The monoisotopic (exact) mass is 492 g/mol. The number of amides is 1. The Hall–Kier alpha value is -3.47. The van der Waals surface area contributed by atoms with Crippen LogP contribution in [0.4, 0.5) is 27.6 Å². The van der Waals surface area contributed by atoms with Gasteiger partial charge in [-0.1, -0.05) is 13.8 Å². The van der Waals surface area contributed by atoms with Crippen molar-refractivity contribution in [2.45, 2.75) is 44.4 Å². The van der Waals surface area contributed by atoms with Gasteiger partial charge in [0.2, 0.25) is 0 Å². The molecule has 11 heteroatoms. The summed E-state index contributed by atoms with van der Waals surface area (Å²) in [7, 11) is 0. The number of anilines is 1. The largest absolute Gasteiger partial charge is 0.415 e. The van der Waals surface area contributed by atoms with E-state index in [-0.39, 0.29) is 47.0 Å². The van der Waals surface area contributed by atoms with Crippen LogP contribution < -0.4 is 5.32 Å². The second kappa shape index (κ2) is 9.65. The molecule has 0 bridgehead atoms. The summed E-state index contributed by atoms with van der Waals surface area (Å²) in [4.78, 5) is 25.4. The maximum absolute atomic E-state index is 14.7. The molecule has 1 aromatic carbocycles. The SMILES string of the molecule is CC(C)c1ncc(C(=O)Nc2c(-c3cc(F)ccc3F)ccnc2C2CCOC2C(F)(F)F)cn1. The number of benzene rings is 1. The number of hydrogen-bond acceptors (Lipinski definition) is 5. The van der Waals surface area contributed by atoms with Crippen molar-refractivity contribution in [2.24, 2.45) is 0 Å². The molecule has 3 aromatic rings. The molecule has 1 aliphatic heterocycles. The fourth-order valence-electron chi connectivity index (χ4n) is 3.95. The number of halogens is 5. The lowest BCUT2D eigenvalue weighted by Gasteiger charge is -2.24. The molecule has 1 fully saturated rings. The Balaban J connectivity index is 1.82. The van der Waals surface area contributed by atoms with E-state index in [4.69, 9.17) is 4.74 Å². The zero-order valence-electron chi connectivity index (χ0n) is 18.7. The Bertz CT molecular complexity index is 1230. The van der Waals surface area contributed by atoms with Gasteiger partial charge < -0.3 is 10.1 Å². The Labute approximate surface area is 197 Å². The first kappa shape index (κ1) is 24.6. The van der Waals surface area contributed by atoms with Crippen molar-refractivity contribution < 1.29 is 31.5 Å². The van der Waals surface area contributed by atoms with Gasteiger partial charge in [-0.25, -0.2) is 18.7 Å². The van der Waals surface area contributed by atoms with E-state index in [0.29, 0.717) is 5.82 Å². The van der Waals surface area contributed by atoms with Gasteiger partial charge in [0.05, 0.1) is 16.9 Å². The van der Waals surface area contributed by atoms with Crippen molar-refractivity contribution in [3.63, 3.8) is 0 Å². The first-order chi connectivity index (χ1) is 16.6. The fourth-order valence-corrected chi connectivity index (χ4v) is 3.95. The normalized spacial score (nSPS) is 18.2. The highest BCUT2D eigenvalue weighted by Gasteiger charge is 2.50. The van der Waals surface area contributed by atoms with Crippen molar-refractivity contribution in [1.82, 2.24) is 15.0 Å². The summed E-state index contributed by atoms with van der Waals surface area (Å²) in [6.45, 7) is 3.57. The number of nitrogens with one attached hydrogen (secondary N) is 1. The Kier molecular flexibility index (Phi) is 6.79. The van der Waals surface area contributed by atoms with Crippen molar-refractivity contribution >= 4 is 11.6 Å². The number of pyridine rings is 1. The highest BCUT2D eigenvalue weighted by atomic mass is 19.4. The van der Waals surface area contributed by atoms with Crippen LogP contribution in [0.25, 0.3) is 11.1 Å². The minimum Gasteiger partial charge on any atom is -0.368 e. The molecule has 0 radical (unpaired) electrons. The molecular formula is C24H21F5N4O2. The van der Waals surface area contributed by atoms with Gasteiger partial charge in [-0.15, -0.1) is 0 Å². The Morgan fingerprint density at radius 2 is 1.80 bits per heavy atom.